The maximum Gasteiger partial charge on any atom is 0.0657 e. The molecule has 0 aliphatic heterocycles. The summed E-state index contributed by atoms with van der Waals surface area (Å²) in [7, 11) is 0. The number of nitrogens with zero attached hydrogens (tertiary/aromatic N) is 2. The van der Waals surface area contributed by atoms with Crippen LogP contribution in [0.2, 0.25) is 0 Å². The number of aromatic nitrogens is 2. The molecule has 0 saturated heterocycles. The number of hydrogen-bond acceptors (Lipinski definition) is 2. The van der Waals surface area contributed by atoms with Crippen LogP contribution >= 0.6 is 0 Å². The van der Waals surface area contributed by atoms with Crippen molar-refractivity contribution in [2.45, 2.75) is 78.8 Å². The highest BCUT2D eigenvalue weighted by Gasteiger charge is 2.19. The molecule has 104 valence electrons. The maximum atomic E-state index is 5.98. The van der Waals surface area contributed by atoms with Crippen LogP contribution < -0.4 is 5.73 Å². The van der Waals surface area contributed by atoms with E-state index < -0.39 is 0 Å². The van der Waals surface area contributed by atoms with Crippen molar-refractivity contribution >= 4 is 0 Å². The van der Waals surface area contributed by atoms with Gasteiger partial charge in [-0.05, 0) is 44.6 Å². The van der Waals surface area contributed by atoms with Gasteiger partial charge in [0, 0.05) is 11.7 Å². The molecule has 0 aliphatic rings. The molecule has 2 N–H and O–H groups in total. The molecule has 1 unspecified atom stereocenters. The van der Waals surface area contributed by atoms with Crippen molar-refractivity contribution in [1.82, 2.24) is 9.78 Å². The zero-order valence-corrected chi connectivity index (χ0v) is 12.7. The molecule has 0 radical (unpaired) electrons. The molecule has 1 rings (SSSR count). The van der Waals surface area contributed by atoms with E-state index in [0.717, 1.165) is 32.1 Å². The second-order valence-electron chi connectivity index (χ2n) is 5.18. The predicted molar refractivity (Wildman–Crippen MR) is 78.0 cm³/mol. The standard InChI is InChI=1S/C15H29N3/c1-6-12(7-2)18-15(9-4)13(10-11(5)16)14(8-3)17-18/h11-12H,6-10,16H2,1-5H3. The van der Waals surface area contributed by atoms with E-state index in [1.54, 1.807) is 0 Å². The molecule has 1 atom stereocenters. The Labute approximate surface area is 112 Å². The van der Waals surface area contributed by atoms with Gasteiger partial charge < -0.3 is 5.73 Å². The fourth-order valence-corrected chi connectivity index (χ4v) is 2.71. The average Bonchev–Trinajstić information content (AvgIpc) is 2.68. The number of rotatable bonds is 7. The van der Waals surface area contributed by atoms with Crippen LogP contribution in [0.15, 0.2) is 0 Å². The summed E-state index contributed by atoms with van der Waals surface area (Å²) in [5, 5.41) is 4.86. The Hall–Kier alpha value is -0.830. The van der Waals surface area contributed by atoms with Crippen LogP contribution in [-0.2, 0) is 19.3 Å². The molecule has 1 aromatic heterocycles. The van der Waals surface area contributed by atoms with Crippen molar-refractivity contribution < 1.29 is 0 Å². The number of hydrogen-bond donors (Lipinski definition) is 1. The van der Waals surface area contributed by atoms with Crippen LogP contribution in [-0.4, -0.2) is 15.8 Å². The van der Waals surface area contributed by atoms with Crippen LogP contribution in [0.1, 0.15) is 70.5 Å². The molecule has 3 heteroatoms. The van der Waals surface area contributed by atoms with E-state index in [1.165, 1.54) is 17.0 Å². The van der Waals surface area contributed by atoms with Crippen LogP contribution in [0.3, 0.4) is 0 Å². The summed E-state index contributed by atoms with van der Waals surface area (Å²) in [4.78, 5) is 0. The number of aryl methyl sites for hydroxylation is 1. The first-order valence-corrected chi connectivity index (χ1v) is 7.43. The zero-order chi connectivity index (χ0) is 13.7. The summed E-state index contributed by atoms with van der Waals surface area (Å²) in [6, 6.07) is 0.743. The van der Waals surface area contributed by atoms with E-state index >= 15 is 0 Å². The second-order valence-corrected chi connectivity index (χ2v) is 5.18. The minimum Gasteiger partial charge on any atom is -0.328 e. The predicted octanol–water partition coefficient (Wildman–Crippen LogP) is 3.26. The number of nitrogens with two attached hydrogens (primary N) is 1. The normalized spacial score (nSPS) is 13.3. The third-order valence-electron chi connectivity index (χ3n) is 3.69. The van der Waals surface area contributed by atoms with Gasteiger partial charge in [-0.15, -0.1) is 0 Å². The molecule has 0 spiro atoms. The topological polar surface area (TPSA) is 43.8 Å². The Morgan fingerprint density at radius 2 is 1.72 bits per heavy atom. The third-order valence-corrected chi connectivity index (χ3v) is 3.69. The Bertz CT molecular complexity index is 362. The first kappa shape index (κ1) is 15.2. The summed E-state index contributed by atoms with van der Waals surface area (Å²) in [5.74, 6) is 0. The van der Waals surface area contributed by atoms with Gasteiger partial charge in [0.15, 0.2) is 0 Å². The molecule has 3 nitrogen and oxygen atoms in total. The summed E-state index contributed by atoms with van der Waals surface area (Å²) < 4.78 is 2.27. The highest BCUT2D eigenvalue weighted by atomic mass is 15.3. The van der Waals surface area contributed by atoms with Gasteiger partial charge >= 0.3 is 0 Å². The quantitative estimate of drug-likeness (QED) is 0.808. The Balaban J connectivity index is 3.22. The maximum absolute atomic E-state index is 5.98. The van der Waals surface area contributed by atoms with Gasteiger partial charge in [-0.25, -0.2) is 0 Å². The second kappa shape index (κ2) is 6.93. The minimum atomic E-state index is 0.208. The van der Waals surface area contributed by atoms with Gasteiger partial charge in [0.1, 0.15) is 0 Å². The van der Waals surface area contributed by atoms with Gasteiger partial charge in [-0.3, -0.25) is 4.68 Å². The molecule has 18 heavy (non-hydrogen) atoms. The third kappa shape index (κ3) is 3.14. The lowest BCUT2D eigenvalue weighted by molar-refractivity contribution is 0.412. The SMILES string of the molecule is CCc1nn(C(CC)CC)c(CC)c1CC(C)N. The highest BCUT2D eigenvalue weighted by Crippen LogP contribution is 2.24. The van der Waals surface area contributed by atoms with Crippen molar-refractivity contribution in [3.05, 3.63) is 17.0 Å². The Morgan fingerprint density at radius 3 is 2.11 bits per heavy atom. The van der Waals surface area contributed by atoms with Crippen LogP contribution in [0.4, 0.5) is 0 Å². The lowest BCUT2D eigenvalue weighted by Crippen LogP contribution is -2.19. The molecule has 0 aliphatic carbocycles. The average molecular weight is 251 g/mol. The molecule has 0 bridgehead atoms. The largest absolute Gasteiger partial charge is 0.328 e. The smallest absolute Gasteiger partial charge is 0.0657 e. The summed E-state index contributed by atoms with van der Waals surface area (Å²) >= 11 is 0. The van der Waals surface area contributed by atoms with Crippen molar-refractivity contribution in [3.8, 4) is 0 Å². The van der Waals surface area contributed by atoms with Crippen molar-refractivity contribution in [3.63, 3.8) is 0 Å². The lowest BCUT2D eigenvalue weighted by Gasteiger charge is -2.17. The van der Waals surface area contributed by atoms with Gasteiger partial charge in [-0.1, -0.05) is 27.7 Å². The Morgan fingerprint density at radius 1 is 1.11 bits per heavy atom. The molecule has 0 amide bonds. The molecule has 0 fully saturated rings. The zero-order valence-electron chi connectivity index (χ0n) is 12.7. The van der Waals surface area contributed by atoms with Crippen molar-refractivity contribution in [1.29, 1.82) is 0 Å². The first-order chi connectivity index (χ1) is 8.58. The highest BCUT2D eigenvalue weighted by molar-refractivity contribution is 5.28. The van der Waals surface area contributed by atoms with Gasteiger partial charge in [0.25, 0.3) is 0 Å². The molecule has 1 aromatic rings. The fourth-order valence-electron chi connectivity index (χ4n) is 2.71. The Kier molecular flexibility index (Phi) is 5.86. The molecule has 1 heterocycles. The molecule has 0 aromatic carbocycles. The van der Waals surface area contributed by atoms with Crippen LogP contribution in [0.25, 0.3) is 0 Å². The summed E-state index contributed by atoms with van der Waals surface area (Å²) in [5.41, 5.74) is 10.0. The van der Waals surface area contributed by atoms with E-state index in [9.17, 15) is 0 Å². The monoisotopic (exact) mass is 251 g/mol. The van der Waals surface area contributed by atoms with Gasteiger partial charge in [0.2, 0.25) is 0 Å². The molecule has 0 saturated carbocycles. The van der Waals surface area contributed by atoms with Crippen molar-refractivity contribution in [2.24, 2.45) is 5.73 Å². The fraction of sp³-hybridized carbons (Fsp3) is 0.800. The lowest BCUT2D eigenvalue weighted by atomic mass is 10.0. The van der Waals surface area contributed by atoms with Crippen molar-refractivity contribution in [2.75, 3.05) is 0 Å². The van der Waals surface area contributed by atoms with Crippen LogP contribution in [0, 0.1) is 0 Å². The van der Waals surface area contributed by atoms with E-state index in [2.05, 4.69) is 39.3 Å². The van der Waals surface area contributed by atoms with E-state index in [1.807, 2.05) is 0 Å². The van der Waals surface area contributed by atoms with Gasteiger partial charge in [0.05, 0.1) is 11.7 Å². The summed E-state index contributed by atoms with van der Waals surface area (Å²) in [6.45, 7) is 11.0. The van der Waals surface area contributed by atoms with E-state index in [4.69, 9.17) is 10.8 Å². The van der Waals surface area contributed by atoms with Gasteiger partial charge in [-0.2, -0.15) is 5.10 Å². The molecular weight excluding hydrogens is 222 g/mol. The van der Waals surface area contributed by atoms with E-state index in [-0.39, 0.29) is 6.04 Å². The minimum absolute atomic E-state index is 0.208. The summed E-state index contributed by atoms with van der Waals surface area (Å²) in [6.07, 6.45) is 5.29. The first-order valence-electron chi connectivity index (χ1n) is 7.43. The molecular formula is C15H29N3. The van der Waals surface area contributed by atoms with Crippen LogP contribution in [0.5, 0.6) is 0 Å². The van der Waals surface area contributed by atoms with E-state index in [0.29, 0.717) is 6.04 Å².